The molecule has 0 radical (unpaired) electrons. The lowest BCUT2D eigenvalue weighted by atomic mass is 10.2. The van der Waals surface area contributed by atoms with Crippen molar-refractivity contribution in [2.75, 3.05) is 0 Å². The minimum Gasteiger partial charge on any atom is -0.372 e. The average molecular weight is 205 g/mol. The standard InChI is InChI=1S/C9H8N2O.CH3NO/c1-6(12)7-5-11-9-2-3-10-4-8(7)9;2-1-3/h2-5,11H,1H3;1H,(H2,2,3). The van der Waals surface area contributed by atoms with Crippen LogP contribution in [0, 0.1) is 0 Å². The lowest BCUT2D eigenvalue weighted by Gasteiger charge is -1.89. The molecule has 15 heavy (non-hydrogen) atoms. The molecule has 0 spiro atoms. The summed E-state index contributed by atoms with van der Waals surface area (Å²) in [6, 6.07) is 1.85. The lowest BCUT2D eigenvalue weighted by Crippen LogP contribution is -1.88. The van der Waals surface area contributed by atoms with E-state index in [1.165, 1.54) is 0 Å². The van der Waals surface area contributed by atoms with Gasteiger partial charge in [-0.3, -0.25) is 14.6 Å². The van der Waals surface area contributed by atoms with Gasteiger partial charge in [-0.15, -0.1) is 0 Å². The highest BCUT2D eigenvalue weighted by atomic mass is 16.1. The third-order valence-electron chi connectivity index (χ3n) is 1.86. The summed E-state index contributed by atoms with van der Waals surface area (Å²) in [4.78, 5) is 26.6. The number of nitrogens with two attached hydrogens (primary N) is 1. The van der Waals surface area contributed by atoms with Crippen LogP contribution in [0.25, 0.3) is 10.9 Å². The zero-order valence-corrected chi connectivity index (χ0v) is 8.23. The van der Waals surface area contributed by atoms with Gasteiger partial charge in [0.1, 0.15) is 0 Å². The van der Waals surface area contributed by atoms with E-state index in [0.717, 1.165) is 10.9 Å². The summed E-state index contributed by atoms with van der Waals surface area (Å²) in [6.07, 6.45) is 5.36. The molecule has 0 fully saturated rings. The molecule has 2 aromatic heterocycles. The van der Waals surface area contributed by atoms with Crippen LogP contribution in [0.4, 0.5) is 0 Å². The molecule has 2 aromatic rings. The van der Waals surface area contributed by atoms with E-state index in [-0.39, 0.29) is 12.2 Å². The fourth-order valence-electron chi connectivity index (χ4n) is 1.25. The molecule has 5 nitrogen and oxygen atoms in total. The second-order valence-corrected chi connectivity index (χ2v) is 2.82. The summed E-state index contributed by atoms with van der Waals surface area (Å²) in [7, 11) is 0. The minimum atomic E-state index is 0.0641. The van der Waals surface area contributed by atoms with Crippen LogP contribution in [0.3, 0.4) is 0 Å². The van der Waals surface area contributed by atoms with Gasteiger partial charge in [0.15, 0.2) is 5.78 Å². The van der Waals surface area contributed by atoms with Crippen molar-refractivity contribution in [3.8, 4) is 0 Å². The average Bonchev–Trinajstić information content (AvgIpc) is 2.62. The molecule has 0 atom stereocenters. The van der Waals surface area contributed by atoms with Gasteiger partial charge in [-0.1, -0.05) is 0 Å². The quantitative estimate of drug-likeness (QED) is 0.534. The molecule has 78 valence electrons. The van der Waals surface area contributed by atoms with E-state index in [9.17, 15) is 4.79 Å². The molecule has 0 aliphatic carbocycles. The van der Waals surface area contributed by atoms with Crippen molar-refractivity contribution in [2.24, 2.45) is 5.73 Å². The van der Waals surface area contributed by atoms with E-state index in [2.05, 4.69) is 15.7 Å². The van der Waals surface area contributed by atoms with E-state index in [4.69, 9.17) is 4.79 Å². The molecule has 0 bridgehead atoms. The van der Waals surface area contributed by atoms with Crippen molar-refractivity contribution < 1.29 is 9.59 Å². The Morgan fingerprint density at radius 2 is 2.27 bits per heavy atom. The number of nitrogens with one attached hydrogen (secondary N) is 1. The summed E-state index contributed by atoms with van der Waals surface area (Å²) >= 11 is 0. The Balaban J connectivity index is 0.000000337. The molecule has 3 N–H and O–H groups in total. The van der Waals surface area contributed by atoms with Crippen LogP contribution in [0.15, 0.2) is 24.7 Å². The van der Waals surface area contributed by atoms with Gasteiger partial charge in [-0.05, 0) is 13.0 Å². The lowest BCUT2D eigenvalue weighted by molar-refractivity contribution is -0.106. The normalized spacial score (nSPS) is 9.13. The van der Waals surface area contributed by atoms with Gasteiger partial charge in [0, 0.05) is 35.1 Å². The number of carbonyl (C=O) groups is 2. The fourth-order valence-corrected chi connectivity index (χ4v) is 1.25. The maximum Gasteiger partial charge on any atom is 0.204 e. The van der Waals surface area contributed by atoms with Crippen LogP contribution in [-0.4, -0.2) is 22.2 Å². The van der Waals surface area contributed by atoms with Crippen molar-refractivity contribution in [2.45, 2.75) is 6.92 Å². The summed E-state index contributed by atoms with van der Waals surface area (Å²) < 4.78 is 0. The van der Waals surface area contributed by atoms with Gasteiger partial charge in [-0.25, -0.2) is 0 Å². The SMILES string of the molecule is CC(=O)c1c[nH]c2ccncc12.NC=O. The molecule has 0 saturated carbocycles. The molecule has 5 heteroatoms. The van der Waals surface area contributed by atoms with Crippen molar-refractivity contribution in [3.63, 3.8) is 0 Å². The Kier molecular flexibility index (Phi) is 3.56. The van der Waals surface area contributed by atoms with Crippen molar-refractivity contribution in [1.29, 1.82) is 0 Å². The first kappa shape index (κ1) is 10.9. The van der Waals surface area contributed by atoms with Crippen molar-refractivity contribution in [3.05, 3.63) is 30.2 Å². The first-order valence-electron chi connectivity index (χ1n) is 4.28. The van der Waals surface area contributed by atoms with Gasteiger partial charge in [0.05, 0.1) is 0 Å². The fraction of sp³-hybridized carbons (Fsp3) is 0.100. The van der Waals surface area contributed by atoms with Crippen LogP contribution in [0.2, 0.25) is 0 Å². The molecular weight excluding hydrogens is 194 g/mol. The maximum atomic E-state index is 11.1. The van der Waals surface area contributed by atoms with Crippen LogP contribution in [0.5, 0.6) is 0 Å². The first-order valence-corrected chi connectivity index (χ1v) is 4.28. The van der Waals surface area contributed by atoms with E-state index < -0.39 is 0 Å². The monoisotopic (exact) mass is 205 g/mol. The largest absolute Gasteiger partial charge is 0.372 e. The third kappa shape index (κ3) is 2.40. The number of fused-ring (bicyclic) bond motifs is 1. The zero-order chi connectivity index (χ0) is 11.3. The van der Waals surface area contributed by atoms with Crippen LogP contribution < -0.4 is 5.73 Å². The smallest absolute Gasteiger partial charge is 0.204 e. The summed E-state index contributed by atoms with van der Waals surface area (Å²) in [5.74, 6) is 0.0641. The molecule has 0 saturated heterocycles. The molecule has 0 aliphatic rings. The van der Waals surface area contributed by atoms with Crippen LogP contribution in [0.1, 0.15) is 17.3 Å². The van der Waals surface area contributed by atoms with E-state index in [1.54, 1.807) is 25.5 Å². The highest BCUT2D eigenvalue weighted by molar-refractivity contribution is 6.06. The number of aromatic amines is 1. The maximum absolute atomic E-state index is 11.1. The van der Waals surface area contributed by atoms with Gasteiger partial charge < -0.3 is 10.7 Å². The number of primary amides is 1. The summed E-state index contributed by atoms with van der Waals surface area (Å²) in [5.41, 5.74) is 5.83. The highest BCUT2D eigenvalue weighted by Gasteiger charge is 2.06. The molecule has 0 aliphatic heterocycles. The number of nitrogens with zero attached hydrogens (tertiary/aromatic N) is 1. The number of amides is 1. The molecule has 1 amide bonds. The number of aromatic nitrogens is 2. The number of hydrogen-bond acceptors (Lipinski definition) is 3. The Morgan fingerprint density at radius 3 is 2.87 bits per heavy atom. The topological polar surface area (TPSA) is 88.8 Å². The van der Waals surface area contributed by atoms with Gasteiger partial charge in [0.25, 0.3) is 0 Å². The van der Waals surface area contributed by atoms with Gasteiger partial charge >= 0.3 is 0 Å². The van der Waals surface area contributed by atoms with Crippen molar-refractivity contribution >= 4 is 23.1 Å². The molecular formula is C10H11N3O2. The number of ketones is 1. The summed E-state index contributed by atoms with van der Waals surface area (Å²) in [5, 5.41) is 0.894. The first-order chi connectivity index (χ1) is 7.20. The second-order valence-electron chi connectivity index (χ2n) is 2.82. The van der Waals surface area contributed by atoms with Crippen LogP contribution >= 0.6 is 0 Å². The predicted molar refractivity (Wildman–Crippen MR) is 56.3 cm³/mol. The highest BCUT2D eigenvalue weighted by Crippen LogP contribution is 2.16. The third-order valence-corrected chi connectivity index (χ3v) is 1.86. The van der Waals surface area contributed by atoms with Crippen LogP contribution in [-0.2, 0) is 4.79 Å². The van der Waals surface area contributed by atoms with Gasteiger partial charge in [-0.2, -0.15) is 0 Å². The van der Waals surface area contributed by atoms with E-state index in [0.29, 0.717) is 5.56 Å². The molecule has 0 unspecified atom stereocenters. The number of hydrogen-bond donors (Lipinski definition) is 2. The predicted octanol–water partition coefficient (Wildman–Crippen LogP) is 0.867. The Bertz CT molecular complexity index is 476. The summed E-state index contributed by atoms with van der Waals surface area (Å²) in [6.45, 7) is 1.55. The molecule has 2 rings (SSSR count). The Labute approximate surface area is 86.3 Å². The van der Waals surface area contributed by atoms with Crippen molar-refractivity contribution in [1.82, 2.24) is 9.97 Å². The molecule has 0 aromatic carbocycles. The number of rotatable bonds is 1. The number of pyridine rings is 1. The Morgan fingerprint density at radius 1 is 1.60 bits per heavy atom. The number of carbonyl (C=O) groups excluding carboxylic acids is 2. The Hall–Kier alpha value is -2.17. The minimum absolute atomic E-state index is 0.0641. The second kappa shape index (κ2) is 4.90. The molecule has 2 heterocycles. The zero-order valence-electron chi connectivity index (χ0n) is 8.23. The van der Waals surface area contributed by atoms with E-state index in [1.807, 2.05) is 6.07 Å². The van der Waals surface area contributed by atoms with E-state index >= 15 is 0 Å². The van der Waals surface area contributed by atoms with Gasteiger partial charge in [0.2, 0.25) is 6.41 Å². The number of Topliss-reactive ketones (excluding diaryl/α,β-unsaturated/α-hetero) is 1. The number of H-pyrrole nitrogens is 1.